The summed E-state index contributed by atoms with van der Waals surface area (Å²) < 4.78 is 0. The lowest BCUT2D eigenvalue weighted by Crippen LogP contribution is -2.28. The highest BCUT2D eigenvalue weighted by Gasteiger charge is 2.59. The molecule has 0 aliphatic heterocycles. The Hall–Kier alpha value is -4.18. The third kappa shape index (κ3) is 4.92. The van der Waals surface area contributed by atoms with Crippen molar-refractivity contribution in [3.63, 3.8) is 0 Å². The third-order valence-corrected chi connectivity index (χ3v) is 12.3. The predicted molar refractivity (Wildman–Crippen MR) is 205 cm³/mol. The van der Waals surface area contributed by atoms with Crippen molar-refractivity contribution in [1.82, 2.24) is 0 Å². The average Bonchev–Trinajstić information content (AvgIpc) is 3.59. The van der Waals surface area contributed by atoms with Crippen LogP contribution >= 0.6 is 0 Å². The first kappa shape index (κ1) is 37.1. The van der Waals surface area contributed by atoms with Crippen LogP contribution in [0.25, 0.3) is 0 Å². The molecule has 4 aromatic rings. The molecule has 0 amide bonds. The predicted octanol–water partition coefficient (Wildman–Crippen LogP) is 11.0. The van der Waals surface area contributed by atoms with E-state index in [-0.39, 0.29) is 47.3 Å². The summed E-state index contributed by atoms with van der Waals surface area (Å²) in [5.74, 6) is 0.722. The molecular weight excluding hydrogens is 617 g/mol. The van der Waals surface area contributed by atoms with Crippen LogP contribution in [-0.2, 0) is 32.5 Å². The van der Waals surface area contributed by atoms with E-state index in [1.807, 2.05) is 36.4 Å². The molecule has 0 saturated heterocycles. The molecule has 4 aliphatic carbocycles. The lowest BCUT2D eigenvalue weighted by atomic mass is 9.70. The lowest BCUT2D eigenvalue weighted by molar-refractivity contribution is 0.111. The first-order valence-electron chi connectivity index (χ1n) is 17.3. The van der Waals surface area contributed by atoms with E-state index in [4.69, 9.17) is 0 Å². The molecule has 0 radical (unpaired) electrons. The Bertz CT molecular complexity index is 1860. The van der Waals surface area contributed by atoms with Gasteiger partial charge in [-0.15, -0.1) is 0 Å². The van der Waals surface area contributed by atoms with Crippen molar-refractivity contribution < 1.29 is 19.8 Å². The molecule has 0 saturated carbocycles. The Kier molecular flexibility index (Phi) is 8.67. The molecule has 2 spiro atoms. The number of hydrogen-bond acceptors (Lipinski definition) is 4. The quantitative estimate of drug-likeness (QED) is 0.208. The van der Waals surface area contributed by atoms with E-state index in [9.17, 15) is 19.8 Å². The van der Waals surface area contributed by atoms with Crippen LogP contribution in [0, 0.1) is 0 Å². The van der Waals surface area contributed by atoms with E-state index in [2.05, 4.69) is 79.7 Å². The van der Waals surface area contributed by atoms with Crippen molar-refractivity contribution in [2.45, 2.75) is 128 Å². The molecule has 264 valence electrons. The van der Waals surface area contributed by atoms with Gasteiger partial charge in [-0.25, -0.2) is 0 Å². The molecule has 0 heterocycles. The van der Waals surface area contributed by atoms with Gasteiger partial charge in [-0.1, -0.05) is 131 Å². The van der Waals surface area contributed by atoms with E-state index in [1.165, 1.54) is 22.3 Å². The zero-order chi connectivity index (χ0) is 34.7. The summed E-state index contributed by atoms with van der Waals surface area (Å²) in [5.41, 5.74) is 10.2. The van der Waals surface area contributed by atoms with Crippen LogP contribution in [0.1, 0.15) is 161 Å². The first-order chi connectivity index (χ1) is 22.5. The van der Waals surface area contributed by atoms with Gasteiger partial charge in [-0.05, 0) is 92.9 Å². The summed E-state index contributed by atoms with van der Waals surface area (Å²) >= 11 is 0. The zero-order valence-corrected chi connectivity index (χ0v) is 29.6. The third-order valence-electron chi connectivity index (χ3n) is 12.3. The second-order valence-electron chi connectivity index (χ2n) is 17.6. The molecule has 50 heavy (non-hydrogen) atoms. The Labute approximate surface area is 300 Å². The Morgan fingerprint density at radius 3 is 1.00 bits per heavy atom. The number of carbonyl (C=O) groups excluding carboxylic acids is 2. The second-order valence-corrected chi connectivity index (χ2v) is 17.6. The minimum absolute atomic E-state index is 0. The van der Waals surface area contributed by atoms with E-state index in [0.717, 1.165) is 71.6 Å². The molecule has 4 nitrogen and oxygen atoms in total. The van der Waals surface area contributed by atoms with Crippen LogP contribution in [0.4, 0.5) is 0 Å². The molecule has 4 aliphatic rings. The number of carbonyl (C=O) groups is 2. The van der Waals surface area contributed by atoms with Gasteiger partial charge < -0.3 is 10.2 Å². The van der Waals surface area contributed by atoms with Crippen LogP contribution in [0.3, 0.4) is 0 Å². The Morgan fingerprint density at radius 1 is 0.440 bits per heavy atom. The highest BCUT2D eigenvalue weighted by molar-refractivity contribution is 5.85. The molecule has 4 aromatic carbocycles. The van der Waals surface area contributed by atoms with E-state index >= 15 is 0 Å². The summed E-state index contributed by atoms with van der Waals surface area (Å²) in [6.07, 6.45) is 5.66. The zero-order valence-electron chi connectivity index (χ0n) is 29.6. The van der Waals surface area contributed by atoms with E-state index in [1.54, 1.807) is 12.1 Å². The number of phenolic OH excluding ortho intramolecular Hbond substituents is 2. The summed E-state index contributed by atoms with van der Waals surface area (Å²) in [7, 11) is 0. The van der Waals surface area contributed by atoms with Crippen LogP contribution < -0.4 is 0 Å². The first-order valence-corrected chi connectivity index (χ1v) is 17.3. The number of aldehydes is 2. The number of benzene rings is 4. The highest BCUT2D eigenvalue weighted by Crippen LogP contribution is 2.66. The van der Waals surface area contributed by atoms with Gasteiger partial charge in [0, 0.05) is 33.1 Å². The van der Waals surface area contributed by atoms with Crippen molar-refractivity contribution in [2.24, 2.45) is 0 Å². The van der Waals surface area contributed by atoms with Crippen molar-refractivity contribution in [3.05, 3.63) is 128 Å². The largest absolute Gasteiger partial charge is 0.508 e. The number of hydrogen-bond donors (Lipinski definition) is 2. The standard InChI is InChI=1S/C23H24O2.C21H24O2.2CH4/c1-21(2)13-23(19-15(11-24)7-5-9-17(19)21)14-22(3,4)18-10-6-8-16(12-25)20(18)23;1-19(2)11-21(17-13(19)7-5-9-15(17)22)12-20(3,4)14-8-6-10-16(23)18(14)21;;/h5-12H,13-14H2,1-4H3;5-10,22-23H,11-12H2,1-4H3;2*1H4. The summed E-state index contributed by atoms with van der Waals surface area (Å²) in [6, 6.07) is 23.8. The van der Waals surface area contributed by atoms with Crippen LogP contribution in [0.5, 0.6) is 11.5 Å². The summed E-state index contributed by atoms with van der Waals surface area (Å²) in [4.78, 5) is 23.8. The van der Waals surface area contributed by atoms with Gasteiger partial charge in [0.25, 0.3) is 0 Å². The second kappa shape index (κ2) is 11.7. The molecule has 0 bridgehead atoms. The van der Waals surface area contributed by atoms with Gasteiger partial charge in [0.05, 0.1) is 0 Å². The Balaban J connectivity index is 0.000000187. The topological polar surface area (TPSA) is 74.6 Å². The number of fused-ring (bicyclic) bond motifs is 8. The normalized spacial score (nSPS) is 20.6. The van der Waals surface area contributed by atoms with Crippen molar-refractivity contribution in [2.75, 3.05) is 0 Å². The maximum absolute atomic E-state index is 11.9. The summed E-state index contributed by atoms with van der Waals surface area (Å²) in [6.45, 7) is 18.0. The van der Waals surface area contributed by atoms with Crippen LogP contribution in [-0.4, -0.2) is 22.8 Å². The van der Waals surface area contributed by atoms with Crippen LogP contribution in [0.15, 0.2) is 72.8 Å². The van der Waals surface area contributed by atoms with Gasteiger partial charge in [0.1, 0.15) is 24.1 Å². The van der Waals surface area contributed by atoms with Gasteiger partial charge in [0.15, 0.2) is 0 Å². The fraction of sp³-hybridized carbons (Fsp3) is 0.435. The number of rotatable bonds is 2. The highest BCUT2D eigenvalue weighted by atomic mass is 16.3. The maximum atomic E-state index is 11.9. The average molecular weight is 673 g/mol. The minimum atomic E-state index is -0.297. The maximum Gasteiger partial charge on any atom is 0.150 e. The SMILES string of the molecule is C.C.CC1(C)CC2(CC(C)(C)c3cccc(C=O)c32)c2c(C=O)cccc21.CC1(C)CC2(CC(C)(C)c3cccc(O)c32)c2c(O)cccc21. The van der Waals surface area contributed by atoms with Crippen molar-refractivity contribution in [1.29, 1.82) is 0 Å². The van der Waals surface area contributed by atoms with Gasteiger partial charge in [-0.3, -0.25) is 9.59 Å². The molecule has 0 aromatic heterocycles. The fourth-order valence-corrected chi connectivity index (χ4v) is 11.2. The molecule has 4 heteroatoms. The van der Waals surface area contributed by atoms with Crippen LogP contribution in [0.2, 0.25) is 0 Å². The fourth-order valence-electron chi connectivity index (χ4n) is 11.2. The minimum Gasteiger partial charge on any atom is -0.508 e. The van der Waals surface area contributed by atoms with Gasteiger partial charge >= 0.3 is 0 Å². The van der Waals surface area contributed by atoms with E-state index < -0.39 is 0 Å². The summed E-state index contributed by atoms with van der Waals surface area (Å²) in [5, 5.41) is 21.4. The molecule has 0 unspecified atom stereocenters. The monoisotopic (exact) mass is 672 g/mol. The number of phenols is 2. The lowest BCUT2D eigenvalue weighted by Gasteiger charge is -2.31. The molecule has 0 atom stereocenters. The van der Waals surface area contributed by atoms with Gasteiger partial charge in [0.2, 0.25) is 0 Å². The number of aromatic hydroxyl groups is 2. The molecule has 2 N–H and O–H groups in total. The van der Waals surface area contributed by atoms with Crippen molar-refractivity contribution >= 4 is 12.6 Å². The molecule has 0 fully saturated rings. The molecular formula is C46H56O4. The Morgan fingerprint density at radius 2 is 0.700 bits per heavy atom. The van der Waals surface area contributed by atoms with Crippen molar-refractivity contribution in [3.8, 4) is 11.5 Å². The van der Waals surface area contributed by atoms with Gasteiger partial charge in [-0.2, -0.15) is 0 Å². The molecule has 8 rings (SSSR count). The van der Waals surface area contributed by atoms with E-state index in [0.29, 0.717) is 11.5 Å². The smallest absolute Gasteiger partial charge is 0.150 e.